The number of primary amides is 1. The Morgan fingerprint density at radius 2 is 1.79 bits per heavy atom. The number of aryl methyl sites for hydroxylation is 2. The van der Waals surface area contributed by atoms with Gasteiger partial charge in [-0.25, -0.2) is 8.42 Å². The number of carbonyl (C=O) groups is 2. The number of likely N-dealkylation sites (N-methyl/N-ethyl adjacent to an activating group) is 1. The first kappa shape index (κ1) is 25.9. The van der Waals surface area contributed by atoms with Crippen LogP contribution in [0, 0.1) is 5.92 Å². The molecule has 3 rings (SSSR count). The monoisotopic (exact) mass is 489 g/mol. The summed E-state index contributed by atoms with van der Waals surface area (Å²) >= 11 is 0. The first-order valence-electron chi connectivity index (χ1n) is 11.5. The highest BCUT2D eigenvalue weighted by Crippen LogP contribution is 2.25. The van der Waals surface area contributed by atoms with E-state index in [1.807, 2.05) is 14.1 Å². The van der Waals surface area contributed by atoms with Crippen molar-refractivity contribution < 1.29 is 18.0 Å². The molecule has 1 fully saturated rings. The molecular weight excluding hydrogens is 454 g/mol. The first-order valence-corrected chi connectivity index (χ1v) is 13.0. The van der Waals surface area contributed by atoms with Gasteiger partial charge in [0.15, 0.2) is 0 Å². The van der Waals surface area contributed by atoms with E-state index in [9.17, 15) is 18.0 Å². The molecule has 0 spiro atoms. The minimum Gasteiger partial charge on any atom is -0.364 e. The fourth-order valence-corrected chi connectivity index (χ4v) is 5.88. The number of benzene rings is 1. The van der Waals surface area contributed by atoms with Gasteiger partial charge >= 0.3 is 0 Å². The van der Waals surface area contributed by atoms with Crippen molar-refractivity contribution in [3.63, 3.8) is 0 Å². The molecule has 186 valence electrons. The number of nitrogens with two attached hydrogens (primary N) is 1. The van der Waals surface area contributed by atoms with E-state index in [4.69, 9.17) is 5.73 Å². The molecule has 10 heteroatoms. The normalized spacial score (nSPS) is 16.5. The highest BCUT2D eigenvalue weighted by atomic mass is 32.2. The van der Waals surface area contributed by atoms with Gasteiger partial charge in [0.1, 0.15) is 10.6 Å². The molecule has 0 bridgehead atoms. The van der Waals surface area contributed by atoms with E-state index in [0.29, 0.717) is 19.4 Å². The van der Waals surface area contributed by atoms with E-state index in [0.717, 1.165) is 12.0 Å². The number of nitrogens with one attached hydrogen (secondary N) is 1. The minimum atomic E-state index is -3.76. The molecule has 0 saturated carbocycles. The number of piperidine rings is 1. The van der Waals surface area contributed by atoms with Crippen LogP contribution in [-0.2, 0) is 28.3 Å². The van der Waals surface area contributed by atoms with Crippen molar-refractivity contribution >= 4 is 21.8 Å². The minimum absolute atomic E-state index is 0.0367. The summed E-state index contributed by atoms with van der Waals surface area (Å²) in [6.45, 7) is 3.09. The number of rotatable bonds is 9. The van der Waals surface area contributed by atoms with Gasteiger partial charge in [0.05, 0.1) is 6.04 Å². The maximum Gasteiger partial charge on any atom is 0.265 e. The SMILES string of the molecule is CCc1ccc([C@H](CNC(=O)C2CCN(S(=O)(=O)c3cc(C(N)=O)n(C)c3)CC2)N(C)C)cc1. The molecule has 1 aromatic heterocycles. The Balaban J connectivity index is 1.58. The third kappa shape index (κ3) is 5.68. The number of hydrogen-bond donors (Lipinski definition) is 2. The third-order valence-corrected chi connectivity index (χ3v) is 8.42. The predicted molar refractivity (Wildman–Crippen MR) is 131 cm³/mol. The third-order valence-electron chi connectivity index (χ3n) is 6.56. The topological polar surface area (TPSA) is 118 Å². The van der Waals surface area contributed by atoms with Crippen LogP contribution in [0.15, 0.2) is 41.4 Å². The lowest BCUT2D eigenvalue weighted by molar-refractivity contribution is -0.126. The summed E-state index contributed by atoms with van der Waals surface area (Å²) in [4.78, 5) is 26.4. The Hall–Kier alpha value is -2.69. The van der Waals surface area contributed by atoms with Crippen LogP contribution in [0.4, 0.5) is 0 Å². The number of carbonyl (C=O) groups excluding carboxylic acids is 2. The van der Waals surface area contributed by atoms with Crippen molar-refractivity contribution in [2.45, 2.75) is 37.1 Å². The number of hydrogen-bond acceptors (Lipinski definition) is 5. The summed E-state index contributed by atoms with van der Waals surface area (Å²) in [6, 6.07) is 9.78. The standard InChI is InChI=1S/C24H35N5O4S/c1-5-17-6-8-18(9-7-17)22(27(2)3)15-26-24(31)19-10-12-29(13-11-19)34(32,33)20-14-21(23(25)30)28(4)16-20/h6-9,14,16,19,22H,5,10-13,15H2,1-4H3,(H2,25,30)(H,26,31)/t22-/m0/s1. The van der Waals surface area contributed by atoms with E-state index in [1.165, 1.54) is 26.7 Å². The van der Waals surface area contributed by atoms with E-state index < -0.39 is 15.9 Å². The van der Waals surface area contributed by atoms with Gasteiger partial charge in [0.25, 0.3) is 5.91 Å². The van der Waals surface area contributed by atoms with Crippen molar-refractivity contribution in [2.75, 3.05) is 33.7 Å². The molecule has 1 saturated heterocycles. The fourth-order valence-electron chi connectivity index (χ4n) is 4.34. The van der Waals surface area contributed by atoms with Gasteiger partial charge in [-0.2, -0.15) is 4.31 Å². The Kier molecular flexibility index (Phi) is 8.17. The zero-order valence-corrected chi connectivity index (χ0v) is 21.1. The fraction of sp³-hybridized carbons (Fsp3) is 0.500. The lowest BCUT2D eigenvalue weighted by Crippen LogP contribution is -2.44. The molecule has 1 aromatic carbocycles. The molecule has 34 heavy (non-hydrogen) atoms. The molecule has 2 aromatic rings. The molecule has 1 aliphatic rings. The Morgan fingerprint density at radius 3 is 2.29 bits per heavy atom. The second-order valence-corrected chi connectivity index (χ2v) is 11.0. The summed E-state index contributed by atoms with van der Waals surface area (Å²) in [7, 11) is 1.79. The van der Waals surface area contributed by atoms with E-state index >= 15 is 0 Å². The predicted octanol–water partition coefficient (Wildman–Crippen LogP) is 1.51. The van der Waals surface area contributed by atoms with Crippen molar-refractivity contribution in [3.8, 4) is 0 Å². The number of aromatic nitrogens is 1. The van der Waals surface area contributed by atoms with E-state index in [-0.39, 0.29) is 41.5 Å². The Labute approximate surface area is 202 Å². The first-order chi connectivity index (χ1) is 16.0. The van der Waals surface area contributed by atoms with Crippen LogP contribution in [-0.4, -0.2) is 67.7 Å². The smallest absolute Gasteiger partial charge is 0.265 e. The molecule has 2 amide bonds. The van der Waals surface area contributed by atoms with Crippen LogP contribution in [0.5, 0.6) is 0 Å². The molecule has 0 unspecified atom stereocenters. The van der Waals surface area contributed by atoms with Gasteiger partial charge in [-0.15, -0.1) is 0 Å². The number of amides is 2. The van der Waals surface area contributed by atoms with Crippen molar-refractivity contribution in [1.29, 1.82) is 0 Å². The van der Waals surface area contributed by atoms with Crippen LogP contribution in [0.2, 0.25) is 0 Å². The van der Waals surface area contributed by atoms with Crippen LogP contribution in [0.25, 0.3) is 0 Å². The largest absolute Gasteiger partial charge is 0.364 e. The second-order valence-electron chi connectivity index (χ2n) is 9.03. The van der Waals surface area contributed by atoms with Gasteiger partial charge in [0, 0.05) is 38.8 Å². The summed E-state index contributed by atoms with van der Waals surface area (Å²) in [5.74, 6) is -0.977. The Bertz CT molecular complexity index is 1120. The highest BCUT2D eigenvalue weighted by Gasteiger charge is 2.33. The summed E-state index contributed by atoms with van der Waals surface area (Å²) < 4.78 is 28.8. The van der Waals surface area contributed by atoms with Crippen molar-refractivity contribution in [3.05, 3.63) is 53.3 Å². The maximum absolute atomic E-state index is 13.0. The molecular formula is C24H35N5O4S. The molecule has 1 atom stereocenters. The lowest BCUT2D eigenvalue weighted by atomic mass is 9.96. The van der Waals surface area contributed by atoms with Gasteiger partial charge < -0.3 is 20.5 Å². The zero-order valence-electron chi connectivity index (χ0n) is 20.3. The maximum atomic E-state index is 13.0. The molecule has 0 aliphatic carbocycles. The van der Waals surface area contributed by atoms with E-state index in [2.05, 4.69) is 41.4 Å². The van der Waals surface area contributed by atoms with Crippen LogP contribution in [0.3, 0.4) is 0 Å². The van der Waals surface area contributed by atoms with Gasteiger partial charge in [-0.1, -0.05) is 31.2 Å². The Morgan fingerprint density at radius 1 is 1.18 bits per heavy atom. The van der Waals surface area contributed by atoms with Gasteiger partial charge in [-0.05, 0) is 50.6 Å². The van der Waals surface area contributed by atoms with Gasteiger partial charge in [0.2, 0.25) is 15.9 Å². The average Bonchev–Trinajstić information content (AvgIpc) is 3.22. The van der Waals surface area contributed by atoms with Crippen LogP contribution >= 0.6 is 0 Å². The number of nitrogens with zero attached hydrogens (tertiary/aromatic N) is 3. The molecule has 0 radical (unpaired) electrons. The summed E-state index contributed by atoms with van der Waals surface area (Å²) in [5.41, 5.74) is 7.85. The zero-order chi connectivity index (χ0) is 25.0. The van der Waals surface area contributed by atoms with E-state index in [1.54, 1.807) is 7.05 Å². The molecule has 1 aliphatic heterocycles. The molecule has 2 heterocycles. The van der Waals surface area contributed by atoms with Crippen LogP contribution < -0.4 is 11.1 Å². The van der Waals surface area contributed by atoms with Crippen LogP contribution in [0.1, 0.15) is 47.4 Å². The second kappa shape index (κ2) is 10.7. The number of sulfonamides is 1. The molecule has 3 N–H and O–H groups in total. The summed E-state index contributed by atoms with van der Waals surface area (Å²) in [6.07, 6.45) is 3.26. The quantitative estimate of drug-likeness (QED) is 0.554. The lowest BCUT2D eigenvalue weighted by Gasteiger charge is -2.31. The summed E-state index contributed by atoms with van der Waals surface area (Å²) in [5, 5.41) is 3.07. The van der Waals surface area contributed by atoms with Crippen molar-refractivity contribution in [1.82, 2.24) is 19.1 Å². The molecule has 9 nitrogen and oxygen atoms in total. The van der Waals surface area contributed by atoms with Crippen molar-refractivity contribution in [2.24, 2.45) is 18.7 Å². The average molecular weight is 490 g/mol. The highest BCUT2D eigenvalue weighted by molar-refractivity contribution is 7.89. The van der Waals surface area contributed by atoms with Gasteiger partial charge in [-0.3, -0.25) is 9.59 Å².